The van der Waals surface area contributed by atoms with Crippen molar-refractivity contribution in [1.29, 1.82) is 0 Å². The topological polar surface area (TPSA) is 68.0 Å². The molecule has 5 nitrogen and oxygen atoms in total. The van der Waals surface area contributed by atoms with E-state index in [2.05, 4.69) is 29.2 Å². The van der Waals surface area contributed by atoms with Gasteiger partial charge in [-0.1, -0.05) is 36.4 Å². The highest BCUT2D eigenvalue weighted by Gasteiger charge is 2.22. The van der Waals surface area contributed by atoms with Crippen LogP contribution in [0.1, 0.15) is 35.4 Å². The van der Waals surface area contributed by atoms with Crippen molar-refractivity contribution in [2.75, 3.05) is 39.1 Å². The van der Waals surface area contributed by atoms with Crippen LogP contribution >= 0.6 is 0 Å². The molecule has 0 saturated carbocycles. The molecular formula is C28H33FN2O3. The molecule has 0 amide bonds. The molecule has 1 aliphatic heterocycles. The molecule has 0 radical (unpaired) electrons. The van der Waals surface area contributed by atoms with Gasteiger partial charge in [0.05, 0.1) is 7.11 Å². The first kappa shape index (κ1) is 24.0. The van der Waals surface area contributed by atoms with Crippen LogP contribution < -0.4 is 15.2 Å². The molecule has 0 bridgehead atoms. The number of hydrogen-bond donors (Lipinski definition) is 2. The van der Waals surface area contributed by atoms with Gasteiger partial charge in [-0.25, -0.2) is 4.39 Å². The van der Waals surface area contributed by atoms with Gasteiger partial charge in [-0.15, -0.1) is 0 Å². The first-order valence-electron chi connectivity index (χ1n) is 11.8. The number of anilines is 1. The Kier molecular flexibility index (Phi) is 8.03. The summed E-state index contributed by atoms with van der Waals surface area (Å²) in [6.45, 7) is 2.66. The average Bonchev–Trinajstić information content (AvgIpc) is 2.85. The van der Waals surface area contributed by atoms with Gasteiger partial charge in [-0.2, -0.15) is 0 Å². The largest absolute Gasteiger partial charge is 0.493 e. The molecule has 4 rings (SSSR count). The maximum Gasteiger partial charge on any atom is 0.163 e. The number of halogens is 1. The van der Waals surface area contributed by atoms with Crippen LogP contribution in [0.2, 0.25) is 0 Å². The number of hydrogen-bond acceptors (Lipinski definition) is 5. The predicted molar refractivity (Wildman–Crippen MR) is 133 cm³/mol. The third-order valence-corrected chi connectivity index (χ3v) is 6.45. The molecule has 6 heteroatoms. The molecule has 1 unspecified atom stereocenters. The van der Waals surface area contributed by atoms with Gasteiger partial charge in [0.15, 0.2) is 11.5 Å². The van der Waals surface area contributed by atoms with Gasteiger partial charge in [0.25, 0.3) is 0 Å². The molecule has 1 saturated heterocycles. The van der Waals surface area contributed by atoms with Gasteiger partial charge in [0, 0.05) is 18.3 Å². The smallest absolute Gasteiger partial charge is 0.163 e. The van der Waals surface area contributed by atoms with Crippen molar-refractivity contribution in [3.8, 4) is 11.5 Å². The quantitative estimate of drug-likeness (QED) is 0.452. The number of nitrogen functional groups attached to an aromatic ring is 1. The lowest BCUT2D eigenvalue weighted by atomic mass is 9.88. The zero-order chi connectivity index (χ0) is 23.9. The number of ether oxygens (including phenoxy) is 2. The predicted octanol–water partition coefficient (Wildman–Crippen LogP) is 4.63. The van der Waals surface area contributed by atoms with E-state index in [1.807, 2.05) is 12.1 Å². The van der Waals surface area contributed by atoms with E-state index in [1.54, 1.807) is 25.3 Å². The number of aliphatic hydroxyl groups is 1. The third kappa shape index (κ3) is 6.49. The van der Waals surface area contributed by atoms with Gasteiger partial charge >= 0.3 is 0 Å². The Hall–Kier alpha value is -3.09. The Morgan fingerprint density at radius 1 is 0.971 bits per heavy atom. The monoisotopic (exact) mass is 464 g/mol. The minimum Gasteiger partial charge on any atom is -0.493 e. The van der Waals surface area contributed by atoms with Crippen LogP contribution in [0.15, 0.2) is 66.7 Å². The van der Waals surface area contributed by atoms with Crippen molar-refractivity contribution in [2.24, 2.45) is 0 Å². The third-order valence-electron chi connectivity index (χ3n) is 6.45. The first-order valence-corrected chi connectivity index (χ1v) is 11.8. The van der Waals surface area contributed by atoms with Crippen molar-refractivity contribution < 1.29 is 19.0 Å². The summed E-state index contributed by atoms with van der Waals surface area (Å²) in [6.07, 6.45) is 2.34. The SMILES string of the molecule is COc1ccc(N)cc1OCC(O)CN1CCC(c2ccc(Cc3ccc(F)cc3)cc2)CC1. The van der Waals surface area contributed by atoms with E-state index in [9.17, 15) is 9.50 Å². The van der Waals surface area contributed by atoms with Gasteiger partial charge in [0.1, 0.15) is 18.5 Å². The second-order valence-corrected chi connectivity index (χ2v) is 8.99. The molecule has 34 heavy (non-hydrogen) atoms. The molecule has 3 aromatic rings. The summed E-state index contributed by atoms with van der Waals surface area (Å²) in [5.74, 6) is 1.47. The van der Waals surface area contributed by atoms with Gasteiger partial charge in [-0.05, 0) is 79.2 Å². The Morgan fingerprint density at radius 2 is 1.62 bits per heavy atom. The van der Waals surface area contributed by atoms with E-state index < -0.39 is 6.10 Å². The number of rotatable bonds is 9. The maximum absolute atomic E-state index is 13.1. The van der Waals surface area contributed by atoms with E-state index in [0.29, 0.717) is 29.6 Å². The molecule has 180 valence electrons. The van der Waals surface area contributed by atoms with Crippen molar-refractivity contribution in [3.63, 3.8) is 0 Å². The summed E-state index contributed by atoms with van der Waals surface area (Å²) < 4.78 is 24.2. The number of nitrogens with two attached hydrogens (primary N) is 1. The Bertz CT molecular complexity index is 1050. The van der Waals surface area contributed by atoms with Crippen molar-refractivity contribution in [1.82, 2.24) is 4.90 Å². The highest BCUT2D eigenvalue weighted by atomic mass is 19.1. The minimum atomic E-state index is -0.589. The molecule has 1 heterocycles. The van der Waals surface area contributed by atoms with Gasteiger partial charge < -0.3 is 25.2 Å². The Morgan fingerprint density at radius 3 is 2.26 bits per heavy atom. The standard InChI is InChI=1S/C28H33FN2O3/c1-33-27-11-10-25(30)17-28(27)34-19-26(32)18-31-14-12-23(13-15-31)22-6-2-20(3-7-22)16-21-4-8-24(29)9-5-21/h2-11,17,23,26,32H,12-16,18-19,30H2,1H3. The van der Waals surface area contributed by atoms with Crippen LogP contribution in [0, 0.1) is 5.82 Å². The molecule has 0 aliphatic carbocycles. The highest BCUT2D eigenvalue weighted by molar-refractivity contribution is 5.51. The lowest BCUT2D eigenvalue weighted by Crippen LogP contribution is -2.40. The second kappa shape index (κ2) is 11.4. The molecule has 0 spiro atoms. The molecule has 3 aromatic carbocycles. The van der Waals surface area contributed by atoms with Crippen molar-refractivity contribution in [3.05, 3.63) is 89.2 Å². The van der Waals surface area contributed by atoms with E-state index in [-0.39, 0.29) is 12.4 Å². The van der Waals surface area contributed by atoms with Crippen LogP contribution in [0.3, 0.4) is 0 Å². The fourth-order valence-electron chi connectivity index (χ4n) is 4.54. The maximum atomic E-state index is 13.1. The second-order valence-electron chi connectivity index (χ2n) is 8.99. The number of piperidine rings is 1. The van der Waals surface area contributed by atoms with Crippen molar-refractivity contribution >= 4 is 5.69 Å². The summed E-state index contributed by atoms with van der Waals surface area (Å²) in [5, 5.41) is 10.5. The van der Waals surface area contributed by atoms with Crippen molar-refractivity contribution in [2.45, 2.75) is 31.3 Å². The van der Waals surface area contributed by atoms with Gasteiger partial charge in [0.2, 0.25) is 0 Å². The number of benzene rings is 3. The number of β-amino-alcohol motifs (C(OH)–C–C–N with tert-alkyl or cyclic N) is 1. The summed E-state index contributed by atoms with van der Waals surface area (Å²) in [7, 11) is 1.58. The zero-order valence-electron chi connectivity index (χ0n) is 19.6. The zero-order valence-corrected chi connectivity index (χ0v) is 19.6. The van der Waals surface area contributed by atoms with E-state index in [0.717, 1.165) is 37.9 Å². The molecule has 1 aliphatic rings. The number of nitrogens with zero attached hydrogens (tertiary/aromatic N) is 1. The molecule has 1 atom stereocenters. The molecular weight excluding hydrogens is 431 g/mol. The van der Waals surface area contributed by atoms with Crippen LogP contribution in [-0.2, 0) is 6.42 Å². The molecule has 0 aromatic heterocycles. The van der Waals surface area contributed by atoms with E-state index in [4.69, 9.17) is 15.2 Å². The lowest BCUT2D eigenvalue weighted by molar-refractivity contribution is 0.0586. The number of aliphatic hydroxyl groups excluding tert-OH is 1. The Labute approximate surface area is 200 Å². The average molecular weight is 465 g/mol. The summed E-state index contributed by atoms with van der Waals surface area (Å²) >= 11 is 0. The van der Waals surface area contributed by atoms with Gasteiger partial charge in [-0.3, -0.25) is 0 Å². The fourth-order valence-corrected chi connectivity index (χ4v) is 4.54. The fraction of sp³-hybridized carbons (Fsp3) is 0.357. The summed E-state index contributed by atoms with van der Waals surface area (Å²) in [6, 6.07) is 20.7. The van der Waals surface area contributed by atoms with Crippen LogP contribution in [0.5, 0.6) is 11.5 Å². The lowest BCUT2D eigenvalue weighted by Gasteiger charge is -2.33. The summed E-state index contributed by atoms with van der Waals surface area (Å²) in [5.41, 5.74) is 10.1. The number of methoxy groups -OCH3 is 1. The molecule has 1 fully saturated rings. The normalized spacial score (nSPS) is 15.7. The number of likely N-dealkylation sites (tertiary alicyclic amines) is 1. The minimum absolute atomic E-state index is 0.190. The van der Waals surface area contributed by atoms with Crippen LogP contribution in [-0.4, -0.2) is 49.5 Å². The molecule has 3 N–H and O–H groups in total. The first-order chi connectivity index (χ1) is 16.5. The van der Waals surface area contributed by atoms with Crippen LogP contribution in [0.25, 0.3) is 0 Å². The summed E-state index contributed by atoms with van der Waals surface area (Å²) in [4.78, 5) is 2.30. The Balaban J connectivity index is 1.22. The van der Waals surface area contributed by atoms with E-state index in [1.165, 1.54) is 23.3 Å². The van der Waals surface area contributed by atoms with E-state index >= 15 is 0 Å². The highest BCUT2D eigenvalue weighted by Crippen LogP contribution is 2.30. The van der Waals surface area contributed by atoms with Crippen LogP contribution in [0.4, 0.5) is 10.1 Å².